The summed E-state index contributed by atoms with van der Waals surface area (Å²) in [4.78, 5) is 21.6. The first-order valence-corrected chi connectivity index (χ1v) is 11.3. The number of benzene rings is 1. The number of hydrogen-bond donors (Lipinski definition) is 2. The van der Waals surface area contributed by atoms with Crippen LogP contribution in [0.4, 0.5) is 0 Å². The summed E-state index contributed by atoms with van der Waals surface area (Å²) in [6.45, 7) is 7.32. The number of nitrogens with zero attached hydrogens (tertiary/aromatic N) is 5. The first-order valence-electron chi connectivity index (χ1n) is 11.3. The van der Waals surface area contributed by atoms with Crippen LogP contribution in [0.25, 0.3) is 11.5 Å². The predicted octanol–water partition coefficient (Wildman–Crippen LogP) is 3.11. The van der Waals surface area contributed by atoms with Crippen molar-refractivity contribution in [2.24, 2.45) is 4.99 Å². The Balaban J connectivity index is 0.00000306. The summed E-state index contributed by atoms with van der Waals surface area (Å²) in [6.07, 6.45) is 5.49. The number of fused-ring (bicyclic) bond motifs is 1. The molecule has 0 radical (unpaired) electrons. The third-order valence-electron chi connectivity index (χ3n) is 5.46. The number of aliphatic imine (C=N–C) groups is 1. The fraction of sp³-hybridized carbons (Fsp3) is 0.478. The second-order valence-electron chi connectivity index (χ2n) is 8.02. The molecule has 0 amide bonds. The van der Waals surface area contributed by atoms with E-state index in [2.05, 4.69) is 32.6 Å². The van der Waals surface area contributed by atoms with Crippen LogP contribution in [0.5, 0.6) is 0 Å². The van der Waals surface area contributed by atoms with Gasteiger partial charge in [-0.3, -0.25) is 4.57 Å². The summed E-state index contributed by atoms with van der Waals surface area (Å²) in [6, 6.07) is 8.08. The van der Waals surface area contributed by atoms with Crippen molar-refractivity contribution in [3.63, 3.8) is 0 Å². The standard InChI is InChI=1S/C23H31N7O2.HI/c1-3-24-22(25-12-6-14-30-23(31)29-13-5-4-7-20(29)28-30)26-15-19-16-32-21(27-19)18-10-8-17(2)9-11-18;/h8-11,16H,3-7,12-15H2,1-2H3,(H2,24,25,26);1H. The second kappa shape index (κ2) is 12.0. The van der Waals surface area contributed by atoms with Gasteiger partial charge >= 0.3 is 5.69 Å². The molecule has 0 fully saturated rings. The van der Waals surface area contributed by atoms with E-state index in [1.54, 1.807) is 10.9 Å². The van der Waals surface area contributed by atoms with E-state index < -0.39 is 0 Å². The highest BCUT2D eigenvalue weighted by molar-refractivity contribution is 14.0. The lowest BCUT2D eigenvalue weighted by molar-refractivity contribution is 0.509. The molecule has 1 aliphatic rings. The van der Waals surface area contributed by atoms with Gasteiger partial charge < -0.3 is 15.1 Å². The molecule has 0 bridgehead atoms. The van der Waals surface area contributed by atoms with Gasteiger partial charge in [-0.25, -0.2) is 19.5 Å². The van der Waals surface area contributed by atoms with E-state index in [1.165, 1.54) is 5.56 Å². The average Bonchev–Trinajstić information content (AvgIpc) is 3.40. The Labute approximate surface area is 210 Å². The van der Waals surface area contributed by atoms with Gasteiger partial charge in [0, 0.05) is 38.2 Å². The number of guanidine groups is 1. The van der Waals surface area contributed by atoms with Gasteiger partial charge in [0.15, 0.2) is 5.96 Å². The Morgan fingerprint density at radius 2 is 2.03 bits per heavy atom. The molecule has 4 rings (SSSR count). The fourth-order valence-electron chi connectivity index (χ4n) is 3.74. The monoisotopic (exact) mass is 565 g/mol. The third kappa shape index (κ3) is 6.46. The lowest BCUT2D eigenvalue weighted by atomic mass is 10.1. The highest BCUT2D eigenvalue weighted by atomic mass is 127. The summed E-state index contributed by atoms with van der Waals surface area (Å²) in [7, 11) is 0. The number of rotatable bonds is 8. The number of oxazole rings is 1. The molecule has 10 heteroatoms. The summed E-state index contributed by atoms with van der Waals surface area (Å²) in [5.74, 6) is 2.23. The molecule has 9 nitrogen and oxygen atoms in total. The zero-order valence-electron chi connectivity index (χ0n) is 19.2. The Kier molecular flexibility index (Phi) is 9.10. The van der Waals surface area contributed by atoms with Crippen molar-refractivity contribution in [1.82, 2.24) is 30.0 Å². The van der Waals surface area contributed by atoms with E-state index in [1.807, 2.05) is 35.8 Å². The quantitative estimate of drug-likeness (QED) is 0.189. The van der Waals surface area contributed by atoms with Crippen molar-refractivity contribution in [3.05, 3.63) is 58.1 Å². The Morgan fingerprint density at radius 3 is 2.79 bits per heavy atom. The van der Waals surface area contributed by atoms with Gasteiger partial charge in [-0.05, 0) is 45.2 Å². The minimum atomic E-state index is 0. The van der Waals surface area contributed by atoms with Crippen LogP contribution in [0.3, 0.4) is 0 Å². The van der Waals surface area contributed by atoms with Crippen LogP contribution in [0.1, 0.15) is 43.3 Å². The lowest BCUT2D eigenvalue weighted by Gasteiger charge is -2.10. The largest absolute Gasteiger partial charge is 0.444 e. The molecule has 0 spiro atoms. The molecule has 3 aromatic rings. The lowest BCUT2D eigenvalue weighted by Crippen LogP contribution is -2.38. The van der Waals surface area contributed by atoms with Crippen LogP contribution >= 0.6 is 24.0 Å². The van der Waals surface area contributed by atoms with Crippen LogP contribution < -0.4 is 16.3 Å². The number of hydrogen-bond acceptors (Lipinski definition) is 5. The maximum atomic E-state index is 12.4. The Morgan fingerprint density at radius 1 is 1.21 bits per heavy atom. The van der Waals surface area contributed by atoms with Gasteiger partial charge in [0.25, 0.3) is 0 Å². The molecule has 2 N–H and O–H groups in total. The van der Waals surface area contributed by atoms with Crippen LogP contribution in [0, 0.1) is 6.92 Å². The van der Waals surface area contributed by atoms with Crippen molar-refractivity contribution in [2.75, 3.05) is 13.1 Å². The van der Waals surface area contributed by atoms with E-state index in [0.29, 0.717) is 31.5 Å². The number of aromatic nitrogens is 4. The zero-order valence-corrected chi connectivity index (χ0v) is 21.5. The molecule has 2 aromatic heterocycles. The van der Waals surface area contributed by atoms with Gasteiger partial charge in [0.1, 0.15) is 17.8 Å². The molecule has 1 aromatic carbocycles. The topological polar surface area (TPSA) is 102 Å². The zero-order chi connectivity index (χ0) is 22.3. The maximum absolute atomic E-state index is 12.4. The molecule has 0 unspecified atom stereocenters. The number of halogens is 1. The molecule has 0 aliphatic carbocycles. The van der Waals surface area contributed by atoms with Crippen LogP contribution in [-0.2, 0) is 26.1 Å². The van der Waals surface area contributed by atoms with Gasteiger partial charge in [-0.15, -0.1) is 24.0 Å². The number of aryl methyl sites for hydroxylation is 3. The maximum Gasteiger partial charge on any atom is 0.345 e. The summed E-state index contributed by atoms with van der Waals surface area (Å²) >= 11 is 0. The van der Waals surface area contributed by atoms with E-state index in [-0.39, 0.29) is 29.7 Å². The molecule has 0 saturated carbocycles. The Hall–Kier alpha value is -2.63. The van der Waals surface area contributed by atoms with Crippen molar-refractivity contribution in [1.29, 1.82) is 0 Å². The highest BCUT2D eigenvalue weighted by Gasteiger charge is 2.16. The number of nitrogens with one attached hydrogen (secondary N) is 2. The van der Waals surface area contributed by atoms with Crippen molar-refractivity contribution >= 4 is 29.9 Å². The van der Waals surface area contributed by atoms with Gasteiger partial charge in [0.2, 0.25) is 5.89 Å². The molecule has 0 saturated heterocycles. The first kappa shape index (κ1) is 25.0. The van der Waals surface area contributed by atoms with Crippen molar-refractivity contribution in [3.8, 4) is 11.5 Å². The predicted molar refractivity (Wildman–Crippen MR) is 139 cm³/mol. The van der Waals surface area contributed by atoms with E-state index in [0.717, 1.165) is 55.9 Å². The molecular weight excluding hydrogens is 533 g/mol. The minimum Gasteiger partial charge on any atom is -0.444 e. The van der Waals surface area contributed by atoms with Gasteiger partial charge in [0.05, 0.1) is 6.54 Å². The first-order chi connectivity index (χ1) is 15.6. The summed E-state index contributed by atoms with van der Waals surface area (Å²) in [5.41, 5.74) is 2.93. The van der Waals surface area contributed by atoms with Gasteiger partial charge in [-0.1, -0.05) is 17.7 Å². The Bertz CT molecular complexity index is 1110. The van der Waals surface area contributed by atoms with Crippen LogP contribution in [0.2, 0.25) is 0 Å². The normalized spacial score (nSPS) is 13.3. The molecule has 178 valence electrons. The molecule has 3 heterocycles. The van der Waals surface area contributed by atoms with E-state index in [9.17, 15) is 4.79 Å². The molecular formula is C23H32IN7O2. The smallest absolute Gasteiger partial charge is 0.345 e. The van der Waals surface area contributed by atoms with Crippen LogP contribution in [-0.4, -0.2) is 38.4 Å². The SMILES string of the molecule is CCNC(=NCc1coc(-c2ccc(C)cc2)n1)NCCCn1nc2n(c1=O)CCCC2.I. The third-order valence-corrected chi connectivity index (χ3v) is 5.46. The molecule has 33 heavy (non-hydrogen) atoms. The molecule has 1 aliphatic heterocycles. The van der Waals surface area contributed by atoms with Crippen molar-refractivity contribution < 1.29 is 4.42 Å². The summed E-state index contributed by atoms with van der Waals surface area (Å²) in [5, 5.41) is 11.0. The highest BCUT2D eigenvalue weighted by Crippen LogP contribution is 2.19. The van der Waals surface area contributed by atoms with Gasteiger partial charge in [-0.2, -0.15) is 5.10 Å². The van der Waals surface area contributed by atoms with E-state index >= 15 is 0 Å². The van der Waals surface area contributed by atoms with Crippen LogP contribution in [0.15, 0.2) is 44.7 Å². The van der Waals surface area contributed by atoms with Crippen molar-refractivity contribution in [2.45, 2.75) is 59.2 Å². The molecule has 0 atom stereocenters. The average molecular weight is 565 g/mol. The summed E-state index contributed by atoms with van der Waals surface area (Å²) < 4.78 is 9.02. The second-order valence-corrected chi connectivity index (χ2v) is 8.02. The fourth-order valence-corrected chi connectivity index (χ4v) is 3.74. The minimum absolute atomic E-state index is 0. The van der Waals surface area contributed by atoms with E-state index in [4.69, 9.17) is 4.42 Å².